The highest BCUT2D eigenvalue weighted by molar-refractivity contribution is 6.35. The molecule has 0 saturated carbocycles. The molecule has 0 bridgehead atoms. The number of halogens is 2. The van der Waals surface area contributed by atoms with Crippen molar-refractivity contribution < 1.29 is 4.74 Å². The van der Waals surface area contributed by atoms with Gasteiger partial charge in [0.25, 0.3) is 0 Å². The van der Waals surface area contributed by atoms with E-state index in [0.717, 1.165) is 11.1 Å². The molecule has 0 radical (unpaired) electrons. The lowest BCUT2D eigenvalue weighted by Gasteiger charge is -2.20. The van der Waals surface area contributed by atoms with E-state index < -0.39 is 0 Å². The predicted octanol–water partition coefficient (Wildman–Crippen LogP) is 5.46. The van der Waals surface area contributed by atoms with E-state index in [0.29, 0.717) is 23.2 Å². The summed E-state index contributed by atoms with van der Waals surface area (Å²) in [6, 6.07) is 13.8. The summed E-state index contributed by atoms with van der Waals surface area (Å²) >= 11 is 12.4. The van der Waals surface area contributed by atoms with Gasteiger partial charge in [-0.2, -0.15) is 0 Å². The number of benzene rings is 2. The zero-order chi connectivity index (χ0) is 16.9. The van der Waals surface area contributed by atoms with Gasteiger partial charge in [-0.1, -0.05) is 59.1 Å². The van der Waals surface area contributed by atoms with Gasteiger partial charge in [0.2, 0.25) is 0 Å². The summed E-state index contributed by atoms with van der Waals surface area (Å²) in [6.45, 7) is 3.22. The largest absolute Gasteiger partial charge is 0.367 e. The Kier molecular flexibility index (Phi) is 5.56. The van der Waals surface area contributed by atoms with Crippen molar-refractivity contribution in [3.05, 3.63) is 87.9 Å². The minimum Gasteiger partial charge on any atom is -0.367 e. The van der Waals surface area contributed by atoms with Crippen LogP contribution < -0.4 is 0 Å². The fourth-order valence-corrected chi connectivity index (χ4v) is 3.12. The summed E-state index contributed by atoms with van der Waals surface area (Å²) < 4.78 is 8.17. The molecule has 3 rings (SSSR count). The van der Waals surface area contributed by atoms with Crippen molar-refractivity contribution in [2.24, 2.45) is 0 Å². The molecule has 124 valence electrons. The Hall–Kier alpha value is -1.81. The molecular formula is C19H18Cl2N2O. The monoisotopic (exact) mass is 360 g/mol. The maximum absolute atomic E-state index is 6.38. The summed E-state index contributed by atoms with van der Waals surface area (Å²) in [4.78, 5) is 4.09. The topological polar surface area (TPSA) is 27.1 Å². The van der Waals surface area contributed by atoms with E-state index in [-0.39, 0.29) is 6.10 Å². The molecule has 0 saturated heterocycles. The summed E-state index contributed by atoms with van der Waals surface area (Å²) in [7, 11) is 0. The van der Waals surface area contributed by atoms with Gasteiger partial charge in [-0.15, -0.1) is 0 Å². The quantitative estimate of drug-likeness (QED) is 0.583. The van der Waals surface area contributed by atoms with Gasteiger partial charge in [-0.05, 0) is 24.6 Å². The number of imidazole rings is 1. The number of aryl methyl sites for hydroxylation is 1. The Morgan fingerprint density at radius 3 is 2.75 bits per heavy atom. The van der Waals surface area contributed by atoms with Crippen LogP contribution in [0.5, 0.6) is 0 Å². The van der Waals surface area contributed by atoms with Crippen LogP contribution in [-0.4, -0.2) is 9.55 Å². The van der Waals surface area contributed by atoms with Gasteiger partial charge in [-0.3, -0.25) is 0 Å². The van der Waals surface area contributed by atoms with E-state index in [1.54, 1.807) is 18.6 Å². The maximum Gasteiger partial charge on any atom is 0.102 e. The first-order valence-electron chi connectivity index (χ1n) is 7.69. The van der Waals surface area contributed by atoms with E-state index >= 15 is 0 Å². The molecule has 0 spiro atoms. The van der Waals surface area contributed by atoms with Crippen LogP contribution in [0.2, 0.25) is 10.0 Å². The Morgan fingerprint density at radius 2 is 2.04 bits per heavy atom. The lowest BCUT2D eigenvalue weighted by atomic mass is 10.1. The van der Waals surface area contributed by atoms with Gasteiger partial charge in [0.15, 0.2) is 0 Å². The minimum atomic E-state index is -0.190. The van der Waals surface area contributed by atoms with E-state index in [1.165, 1.54) is 5.56 Å². The molecule has 24 heavy (non-hydrogen) atoms. The third-order valence-electron chi connectivity index (χ3n) is 3.78. The normalized spacial score (nSPS) is 12.3. The molecule has 0 fully saturated rings. The number of ether oxygens (including phenoxy) is 1. The summed E-state index contributed by atoms with van der Waals surface area (Å²) in [6.07, 6.45) is 5.24. The molecule has 3 nitrogen and oxygen atoms in total. The third kappa shape index (κ3) is 4.38. The Morgan fingerprint density at radius 1 is 1.17 bits per heavy atom. The van der Waals surface area contributed by atoms with Gasteiger partial charge in [-0.25, -0.2) is 4.98 Å². The fraction of sp³-hybridized carbons (Fsp3) is 0.211. The highest BCUT2D eigenvalue weighted by Gasteiger charge is 2.17. The van der Waals surface area contributed by atoms with Crippen molar-refractivity contribution in [2.75, 3.05) is 0 Å². The molecule has 0 amide bonds. The van der Waals surface area contributed by atoms with Crippen LogP contribution in [0.3, 0.4) is 0 Å². The van der Waals surface area contributed by atoms with E-state index in [1.807, 2.05) is 29.0 Å². The highest BCUT2D eigenvalue weighted by atomic mass is 35.5. The SMILES string of the molecule is Cc1cccc(COC(Cn2ccnc2)c2ccc(Cl)cc2Cl)c1. The van der Waals surface area contributed by atoms with E-state index in [4.69, 9.17) is 27.9 Å². The van der Waals surface area contributed by atoms with Crippen molar-refractivity contribution in [1.29, 1.82) is 0 Å². The Balaban J connectivity index is 1.81. The van der Waals surface area contributed by atoms with Gasteiger partial charge in [0.05, 0.1) is 19.5 Å². The first kappa shape index (κ1) is 17.0. The van der Waals surface area contributed by atoms with Crippen LogP contribution in [0, 0.1) is 6.92 Å². The molecule has 0 aliphatic carbocycles. The summed E-state index contributed by atoms with van der Waals surface area (Å²) in [5.41, 5.74) is 3.27. The second-order valence-corrected chi connectivity index (χ2v) is 6.56. The molecule has 5 heteroatoms. The fourth-order valence-electron chi connectivity index (χ4n) is 2.59. The third-order valence-corrected chi connectivity index (χ3v) is 4.34. The second kappa shape index (κ2) is 7.84. The van der Waals surface area contributed by atoms with Crippen molar-refractivity contribution in [1.82, 2.24) is 9.55 Å². The average Bonchev–Trinajstić information content (AvgIpc) is 3.05. The van der Waals surface area contributed by atoms with Gasteiger partial charge < -0.3 is 9.30 Å². The molecule has 0 N–H and O–H groups in total. The highest BCUT2D eigenvalue weighted by Crippen LogP contribution is 2.30. The van der Waals surface area contributed by atoms with E-state index in [2.05, 4.69) is 30.1 Å². The smallest absolute Gasteiger partial charge is 0.102 e. The molecule has 3 aromatic rings. The molecule has 2 aromatic carbocycles. The van der Waals surface area contributed by atoms with Crippen LogP contribution in [0.25, 0.3) is 0 Å². The molecular weight excluding hydrogens is 343 g/mol. The van der Waals surface area contributed by atoms with Gasteiger partial charge in [0, 0.05) is 28.0 Å². The van der Waals surface area contributed by atoms with Gasteiger partial charge >= 0.3 is 0 Å². The minimum absolute atomic E-state index is 0.190. The number of rotatable bonds is 6. The Bertz CT molecular complexity index is 803. The molecule has 1 aromatic heterocycles. The Labute approximate surface area is 151 Å². The van der Waals surface area contributed by atoms with Crippen LogP contribution in [0.15, 0.2) is 61.2 Å². The second-order valence-electron chi connectivity index (χ2n) is 5.71. The molecule has 0 aliphatic rings. The summed E-state index contributed by atoms with van der Waals surface area (Å²) in [5, 5.41) is 1.22. The molecule has 1 atom stereocenters. The van der Waals surface area contributed by atoms with Crippen LogP contribution in [0.1, 0.15) is 22.8 Å². The number of aromatic nitrogens is 2. The van der Waals surface area contributed by atoms with Crippen molar-refractivity contribution in [3.63, 3.8) is 0 Å². The molecule has 1 unspecified atom stereocenters. The van der Waals surface area contributed by atoms with Crippen LogP contribution in [0.4, 0.5) is 0 Å². The number of hydrogen-bond acceptors (Lipinski definition) is 2. The van der Waals surface area contributed by atoms with E-state index in [9.17, 15) is 0 Å². The van der Waals surface area contributed by atoms with Gasteiger partial charge in [0.1, 0.15) is 6.10 Å². The van der Waals surface area contributed by atoms with Crippen molar-refractivity contribution in [3.8, 4) is 0 Å². The first-order valence-corrected chi connectivity index (χ1v) is 8.45. The lowest BCUT2D eigenvalue weighted by Crippen LogP contribution is -2.12. The van der Waals surface area contributed by atoms with Crippen molar-refractivity contribution in [2.45, 2.75) is 26.2 Å². The number of nitrogens with zero attached hydrogens (tertiary/aromatic N) is 2. The lowest BCUT2D eigenvalue weighted by molar-refractivity contribution is 0.0280. The zero-order valence-electron chi connectivity index (χ0n) is 13.3. The predicted molar refractivity (Wildman–Crippen MR) is 97.4 cm³/mol. The first-order chi connectivity index (χ1) is 11.6. The molecule has 1 heterocycles. The maximum atomic E-state index is 6.38. The van der Waals surface area contributed by atoms with Crippen LogP contribution >= 0.6 is 23.2 Å². The standard InChI is InChI=1S/C19H18Cl2N2O/c1-14-3-2-4-15(9-14)12-24-19(11-23-8-7-22-13-23)17-6-5-16(20)10-18(17)21/h2-10,13,19H,11-12H2,1H3. The zero-order valence-corrected chi connectivity index (χ0v) is 14.8. The average molecular weight is 361 g/mol. The summed E-state index contributed by atoms with van der Waals surface area (Å²) in [5.74, 6) is 0. The van der Waals surface area contributed by atoms with Crippen molar-refractivity contribution >= 4 is 23.2 Å². The molecule has 0 aliphatic heterocycles. The number of hydrogen-bond donors (Lipinski definition) is 0. The van der Waals surface area contributed by atoms with Crippen LogP contribution in [-0.2, 0) is 17.9 Å².